The van der Waals surface area contributed by atoms with Gasteiger partial charge < -0.3 is 5.32 Å². The van der Waals surface area contributed by atoms with Crippen LogP contribution >= 0.6 is 0 Å². The van der Waals surface area contributed by atoms with Crippen LogP contribution in [-0.4, -0.2) is 25.4 Å². The summed E-state index contributed by atoms with van der Waals surface area (Å²) in [6.45, 7) is 3.78. The van der Waals surface area contributed by atoms with Crippen LogP contribution in [0.1, 0.15) is 49.9 Å². The van der Waals surface area contributed by atoms with E-state index in [1.165, 1.54) is 12.1 Å². The van der Waals surface area contributed by atoms with Gasteiger partial charge in [-0.05, 0) is 81.0 Å². The Bertz CT molecular complexity index is 1250. The topological polar surface area (TPSA) is 88.2 Å². The predicted molar refractivity (Wildman–Crippen MR) is 133 cm³/mol. The first-order valence-electron chi connectivity index (χ1n) is 11.8. The maximum Gasteiger partial charge on any atom is 0.240 e. The van der Waals surface area contributed by atoms with Crippen LogP contribution in [0.2, 0.25) is 0 Å². The van der Waals surface area contributed by atoms with E-state index in [1.54, 1.807) is 42.6 Å². The molecule has 0 unspecified atom stereocenters. The molecule has 0 saturated heterocycles. The van der Waals surface area contributed by atoms with Crippen molar-refractivity contribution in [2.24, 2.45) is 5.92 Å². The lowest BCUT2D eigenvalue weighted by atomic mass is 9.85. The first-order chi connectivity index (χ1) is 16.7. The lowest BCUT2D eigenvalue weighted by Gasteiger charge is -2.29. The van der Waals surface area contributed by atoms with Gasteiger partial charge in [0.25, 0.3) is 0 Å². The number of hydrogen-bond donors (Lipinski definition) is 2. The minimum absolute atomic E-state index is 0.0516. The highest BCUT2D eigenvalue weighted by atomic mass is 32.2. The van der Waals surface area contributed by atoms with Gasteiger partial charge in [-0.15, -0.1) is 0 Å². The quantitative estimate of drug-likeness (QED) is 0.488. The van der Waals surface area contributed by atoms with Crippen LogP contribution in [0.5, 0.6) is 0 Å². The zero-order valence-corrected chi connectivity index (χ0v) is 20.7. The molecule has 0 spiro atoms. The number of pyridine rings is 1. The molecule has 1 heterocycles. The largest absolute Gasteiger partial charge is 0.349 e. The van der Waals surface area contributed by atoms with Gasteiger partial charge in [0, 0.05) is 29.4 Å². The van der Waals surface area contributed by atoms with Crippen molar-refractivity contribution in [1.29, 1.82) is 0 Å². The fourth-order valence-corrected chi connectivity index (χ4v) is 5.70. The van der Waals surface area contributed by atoms with E-state index in [2.05, 4.69) is 15.0 Å². The Hall–Kier alpha value is -3.10. The molecule has 35 heavy (non-hydrogen) atoms. The number of carbonyl (C=O) groups excluding carboxylic acids is 1. The van der Waals surface area contributed by atoms with Gasteiger partial charge in [-0.25, -0.2) is 17.5 Å². The van der Waals surface area contributed by atoms with Crippen LogP contribution in [0.4, 0.5) is 4.39 Å². The van der Waals surface area contributed by atoms with Crippen molar-refractivity contribution in [2.75, 3.05) is 0 Å². The standard InChI is InChI=1S/C27H30FN3O3S/c1-18-3-4-23(17-29-18)21-9-15-26(16-10-21)35(33,34)31-25-13-7-22(8-14-25)27(32)30-19(2)20-5-11-24(28)12-6-20/h3-6,9-12,15-17,19,22,25,31H,7-8,13-14H2,1-2H3,(H,30,32)/t19-,22?,25?/m1/s1. The normalized spacial score (nSPS) is 19.2. The molecule has 4 rings (SSSR count). The summed E-state index contributed by atoms with van der Waals surface area (Å²) < 4.78 is 41.7. The third kappa shape index (κ3) is 6.32. The molecule has 1 aromatic heterocycles. The first-order valence-corrected chi connectivity index (χ1v) is 13.3. The van der Waals surface area contributed by atoms with Crippen LogP contribution in [0, 0.1) is 18.7 Å². The van der Waals surface area contributed by atoms with Crippen LogP contribution in [0.25, 0.3) is 11.1 Å². The molecule has 1 atom stereocenters. The molecule has 0 aliphatic heterocycles. The molecule has 184 valence electrons. The number of sulfonamides is 1. The summed E-state index contributed by atoms with van der Waals surface area (Å²) in [7, 11) is -3.66. The number of nitrogens with one attached hydrogen (secondary N) is 2. The summed E-state index contributed by atoms with van der Waals surface area (Å²) in [5.74, 6) is -0.530. The van der Waals surface area contributed by atoms with Gasteiger partial charge in [0.1, 0.15) is 5.82 Å². The Labute approximate surface area is 206 Å². The first kappa shape index (κ1) is 25.0. The molecule has 8 heteroatoms. The van der Waals surface area contributed by atoms with Gasteiger partial charge in [-0.3, -0.25) is 9.78 Å². The molecule has 0 radical (unpaired) electrons. The van der Waals surface area contributed by atoms with Crippen molar-refractivity contribution < 1.29 is 17.6 Å². The van der Waals surface area contributed by atoms with Crippen molar-refractivity contribution in [1.82, 2.24) is 15.0 Å². The molecule has 1 fully saturated rings. The van der Waals surface area contributed by atoms with Gasteiger partial charge >= 0.3 is 0 Å². The van der Waals surface area contributed by atoms with E-state index in [0.717, 1.165) is 22.4 Å². The molecule has 2 aromatic carbocycles. The minimum Gasteiger partial charge on any atom is -0.349 e. The summed E-state index contributed by atoms with van der Waals surface area (Å²) in [5.41, 5.74) is 3.59. The minimum atomic E-state index is -3.66. The summed E-state index contributed by atoms with van der Waals surface area (Å²) in [6.07, 6.45) is 4.17. The molecule has 3 aromatic rings. The van der Waals surface area contributed by atoms with Crippen LogP contribution < -0.4 is 10.0 Å². The van der Waals surface area contributed by atoms with Crippen LogP contribution in [0.3, 0.4) is 0 Å². The summed E-state index contributed by atoms with van der Waals surface area (Å²) in [4.78, 5) is 17.2. The molecular weight excluding hydrogens is 465 g/mol. The smallest absolute Gasteiger partial charge is 0.240 e. The second-order valence-electron chi connectivity index (χ2n) is 9.16. The number of aromatic nitrogens is 1. The number of aryl methyl sites for hydroxylation is 1. The molecule has 1 aliphatic rings. The fourth-order valence-electron chi connectivity index (χ4n) is 4.39. The number of rotatable bonds is 7. The monoisotopic (exact) mass is 495 g/mol. The van der Waals surface area contributed by atoms with E-state index in [1.807, 2.05) is 26.0 Å². The zero-order chi connectivity index (χ0) is 25.0. The van der Waals surface area contributed by atoms with Crippen molar-refractivity contribution in [3.63, 3.8) is 0 Å². The molecule has 2 N–H and O–H groups in total. The zero-order valence-electron chi connectivity index (χ0n) is 19.9. The van der Waals surface area contributed by atoms with E-state index < -0.39 is 10.0 Å². The van der Waals surface area contributed by atoms with Crippen molar-refractivity contribution in [3.8, 4) is 11.1 Å². The van der Waals surface area contributed by atoms with Crippen molar-refractivity contribution in [3.05, 3.63) is 83.9 Å². The van der Waals surface area contributed by atoms with E-state index in [0.29, 0.717) is 25.7 Å². The molecule has 1 aliphatic carbocycles. The molecular formula is C27H30FN3O3S. The SMILES string of the molecule is Cc1ccc(-c2ccc(S(=O)(=O)NC3CCC(C(=O)N[C@H](C)c4ccc(F)cc4)CC3)cc2)cn1. The van der Waals surface area contributed by atoms with Gasteiger partial charge in [-0.1, -0.05) is 30.3 Å². The number of hydrogen-bond acceptors (Lipinski definition) is 4. The Kier molecular flexibility index (Phi) is 7.62. The molecule has 6 nitrogen and oxygen atoms in total. The maximum atomic E-state index is 13.1. The van der Waals surface area contributed by atoms with Gasteiger partial charge in [0.05, 0.1) is 10.9 Å². The number of nitrogens with zero attached hydrogens (tertiary/aromatic N) is 1. The number of halogens is 1. The Morgan fingerprint density at radius 2 is 1.57 bits per heavy atom. The Morgan fingerprint density at radius 3 is 2.17 bits per heavy atom. The third-order valence-corrected chi connectivity index (χ3v) is 8.09. The maximum absolute atomic E-state index is 13.1. The third-order valence-electron chi connectivity index (χ3n) is 6.56. The fraction of sp³-hybridized carbons (Fsp3) is 0.333. The lowest BCUT2D eigenvalue weighted by molar-refractivity contribution is -0.126. The second-order valence-corrected chi connectivity index (χ2v) is 10.9. The van der Waals surface area contributed by atoms with Crippen molar-refractivity contribution >= 4 is 15.9 Å². The van der Waals surface area contributed by atoms with E-state index >= 15 is 0 Å². The Morgan fingerprint density at radius 1 is 0.943 bits per heavy atom. The van der Waals surface area contributed by atoms with Crippen LogP contribution in [-0.2, 0) is 14.8 Å². The molecule has 0 bridgehead atoms. The van der Waals surface area contributed by atoms with E-state index in [9.17, 15) is 17.6 Å². The van der Waals surface area contributed by atoms with Gasteiger partial charge in [-0.2, -0.15) is 0 Å². The summed E-state index contributed by atoms with van der Waals surface area (Å²) in [6, 6.07) is 16.3. The predicted octanol–water partition coefficient (Wildman–Crippen LogP) is 4.91. The number of amides is 1. The van der Waals surface area contributed by atoms with E-state index in [4.69, 9.17) is 0 Å². The summed E-state index contributed by atoms with van der Waals surface area (Å²) in [5, 5.41) is 2.99. The summed E-state index contributed by atoms with van der Waals surface area (Å²) >= 11 is 0. The number of carbonyl (C=O) groups is 1. The average molecular weight is 496 g/mol. The van der Waals surface area contributed by atoms with Crippen LogP contribution in [0.15, 0.2) is 71.8 Å². The lowest BCUT2D eigenvalue weighted by Crippen LogP contribution is -2.41. The molecule has 1 saturated carbocycles. The van der Waals surface area contributed by atoms with Gasteiger partial charge in [0.15, 0.2) is 0 Å². The average Bonchev–Trinajstić information content (AvgIpc) is 2.85. The van der Waals surface area contributed by atoms with E-state index in [-0.39, 0.29) is 34.6 Å². The second kappa shape index (κ2) is 10.7. The highest BCUT2D eigenvalue weighted by Crippen LogP contribution is 2.27. The molecule has 1 amide bonds. The Balaban J connectivity index is 1.30. The highest BCUT2D eigenvalue weighted by molar-refractivity contribution is 7.89. The van der Waals surface area contributed by atoms with Gasteiger partial charge in [0.2, 0.25) is 15.9 Å². The van der Waals surface area contributed by atoms with Crippen molar-refractivity contribution in [2.45, 2.75) is 56.5 Å². The highest BCUT2D eigenvalue weighted by Gasteiger charge is 2.29. The number of benzene rings is 2.